The number of phenolic OH excluding ortho intramolecular Hbond substituents is 1. The lowest BCUT2D eigenvalue weighted by Crippen LogP contribution is -2.40. The summed E-state index contributed by atoms with van der Waals surface area (Å²) in [4.78, 5) is 0. The first-order valence-electron chi connectivity index (χ1n) is 6.10. The zero-order chi connectivity index (χ0) is 13.9. The number of benzene rings is 1. The highest BCUT2D eigenvalue weighted by atomic mass is 35.5. The van der Waals surface area contributed by atoms with Crippen molar-refractivity contribution in [2.45, 2.75) is 18.6 Å². The van der Waals surface area contributed by atoms with Crippen molar-refractivity contribution in [2.75, 3.05) is 26.9 Å². The highest BCUT2D eigenvalue weighted by Crippen LogP contribution is 2.33. The molecule has 1 aromatic rings. The molecule has 0 aromatic heterocycles. The summed E-state index contributed by atoms with van der Waals surface area (Å²) in [6, 6.07) is 3.22. The van der Waals surface area contributed by atoms with Crippen molar-refractivity contribution >= 4 is 11.6 Å². The molecule has 1 heterocycles. The highest BCUT2D eigenvalue weighted by molar-refractivity contribution is 6.30. The summed E-state index contributed by atoms with van der Waals surface area (Å²) in [6.45, 7) is 1.71. The topological polar surface area (TPSA) is 71.0 Å². The van der Waals surface area contributed by atoms with E-state index in [1.165, 1.54) is 7.11 Å². The number of aliphatic hydroxyl groups is 1. The quantitative estimate of drug-likeness (QED) is 0.761. The van der Waals surface area contributed by atoms with Gasteiger partial charge in [-0.2, -0.15) is 0 Å². The van der Waals surface area contributed by atoms with Crippen LogP contribution < -0.4 is 10.1 Å². The highest BCUT2D eigenvalue weighted by Gasteiger charge is 2.31. The summed E-state index contributed by atoms with van der Waals surface area (Å²) in [5.41, 5.74) is -0.190. The van der Waals surface area contributed by atoms with E-state index in [-0.39, 0.29) is 5.75 Å². The number of hydrogen-bond donors (Lipinski definition) is 3. The molecular weight excluding hydrogens is 270 g/mol. The molecule has 5 nitrogen and oxygen atoms in total. The van der Waals surface area contributed by atoms with Crippen molar-refractivity contribution in [1.82, 2.24) is 5.32 Å². The molecule has 0 bridgehead atoms. The SMILES string of the molecule is COc1cc(Cl)cc(CNCC2(O)CCOC2)c1O. The standard InChI is InChI=1S/C13H18ClNO4/c1-18-11-5-10(14)4-9(12(11)16)6-15-7-13(17)2-3-19-8-13/h4-5,15-17H,2-3,6-8H2,1H3. The van der Waals surface area contributed by atoms with E-state index < -0.39 is 5.60 Å². The van der Waals surface area contributed by atoms with Crippen molar-refractivity contribution in [2.24, 2.45) is 0 Å². The smallest absolute Gasteiger partial charge is 0.162 e. The maximum absolute atomic E-state index is 10.1. The fraction of sp³-hybridized carbons (Fsp3) is 0.538. The molecule has 0 radical (unpaired) electrons. The van der Waals surface area contributed by atoms with Gasteiger partial charge >= 0.3 is 0 Å². The number of nitrogens with one attached hydrogen (secondary N) is 1. The minimum Gasteiger partial charge on any atom is -0.504 e. The van der Waals surface area contributed by atoms with Gasteiger partial charge in [-0.1, -0.05) is 11.6 Å². The Labute approximate surface area is 117 Å². The number of hydrogen-bond acceptors (Lipinski definition) is 5. The van der Waals surface area contributed by atoms with E-state index in [4.69, 9.17) is 21.1 Å². The van der Waals surface area contributed by atoms with Crippen LogP contribution >= 0.6 is 11.6 Å². The van der Waals surface area contributed by atoms with E-state index in [1.807, 2.05) is 0 Å². The Bertz CT molecular complexity index is 447. The van der Waals surface area contributed by atoms with Gasteiger partial charge in [0, 0.05) is 42.8 Å². The number of halogens is 1. The van der Waals surface area contributed by atoms with Crippen LogP contribution in [-0.2, 0) is 11.3 Å². The number of aromatic hydroxyl groups is 1. The predicted molar refractivity (Wildman–Crippen MR) is 71.8 cm³/mol. The van der Waals surface area contributed by atoms with Crippen molar-refractivity contribution in [1.29, 1.82) is 0 Å². The third-order valence-electron chi connectivity index (χ3n) is 3.19. The van der Waals surface area contributed by atoms with Crippen LogP contribution in [0, 0.1) is 0 Å². The number of rotatable bonds is 5. The van der Waals surface area contributed by atoms with Gasteiger partial charge in [-0.3, -0.25) is 0 Å². The van der Waals surface area contributed by atoms with Crippen LogP contribution in [0.2, 0.25) is 5.02 Å². The first-order valence-corrected chi connectivity index (χ1v) is 6.48. The maximum atomic E-state index is 10.1. The Morgan fingerprint density at radius 1 is 1.53 bits per heavy atom. The van der Waals surface area contributed by atoms with Gasteiger partial charge < -0.3 is 25.0 Å². The molecule has 3 N–H and O–H groups in total. The molecule has 1 unspecified atom stereocenters. The van der Waals surface area contributed by atoms with Gasteiger partial charge in [0.15, 0.2) is 11.5 Å². The van der Waals surface area contributed by atoms with Gasteiger partial charge in [-0.15, -0.1) is 0 Å². The summed E-state index contributed by atoms with van der Waals surface area (Å²) in [5.74, 6) is 0.404. The Kier molecular flexibility index (Phi) is 4.52. The number of ether oxygens (including phenoxy) is 2. The Balaban J connectivity index is 1.97. The Morgan fingerprint density at radius 2 is 2.32 bits per heavy atom. The minimum absolute atomic E-state index is 0.0639. The molecule has 0 saturated carbocycles. The Hall–Kier alpha value is -1.01. The lowest BCUT2D eigenvalue weighted by molar-refractivity contribution is 0.0268. The molecule has 0 spiro atoms. The van der Waals surface area contributed by atoms with Gasteiger partial charge in [-0.25, -0.2) is 0 Å². The average molecular weight is 288 g/mol. The Morgan fingerprint density at radius 3 is 2.95 bits per heavy atom. The average Bonchev–Trinajstić information content (AvgIpc) is 2.80. The van der Waals surface area contributed by atoms with E-state index in [9.17, 15) is 10.2 Å². The van der Waals surface area contributed by atoms with Crippen LogP contribution in [0.5, 0.6) is 11.5 Å². The van der Waals surface area contributed by atoms with Crippen LogP contribution in [-0.4, -0.2) is 42.7 Å². The maximum Gasteiger partial charge on any atom is 0.162 e. The number of phenols is 1. The second kappa shape index (κ2) is 5.96. The molecule has 1 aliphatic heterocycles. The molecule has 1 aromatic carbocycles. The second-order valence-electron chi connectivity index (χ2n) is 4.75. The lowest BCUT2D eigenvalue weighted by Gasteiger charge is -2.21. The molecule has 2 rings (SSSR count). The van der Waals surface area contributed by atoms with E-state index in [1.54, 1.807) is 12.1 Å². The molecule has 1 aliphatic rings. The fourth-order valence-electron chi connectivity index (χ4n) is 2.08. The van der Waals surface area contributed by atoms with Crippen molar-refractivity contribution in [3.63, 3.8) is 0 Å². The molecular formula is C13H18ClNO4. The summed E-state index contributed by atoms with van der Waals surface area (Å²) < 4.78 is 10.2. The molecule has 1 fully saturated rings. The van der Waals surface area contributed by atoms with Crippen LogP contribution in [0.3, 0.4) is 0 Å². The molecule has 1 atom stereocenters. The molecule has 106 valence electrons. The third-order valence-corrected chi connectivity index (χ3v) is 3.41. The zero-order valence-corrected chi connectivity index (χ0v) is 11.5. The molecule has 0 amide bonds. The van der Waals surface area contributed by atoms with Crippen molar-refractivity contribution in [3.8, 4) is 11.5 Å². The van der Waals surface area contributed by atoms with E-state index >= 15 is 0 Å². The van der Waals surface area contributed by atoms with E-state index in [2.05, 4.69) is 5.32 Å². The van der Waals surface area contributed by atoms with Crippen molar-refractivity contribution < 1.29 is 19.7 Å². The van der Waals surface area contributed by atoms with Gasteiger partial charge in [-0.05, 0) is 6.07 Å². The normalized spacial score (nSPS) is 22.7. The van der Waals surface area contributed by atoms with Gasteiger partial charge in [0.1, 0.15) is 5.60 Å². The van der Waals surface area contributed by atoms with Crippen LogP contribution in [0.4, 0.5) is 0 Å². The summed E-state index contributed by atoms with van der Waals surface area (Å²) >= 11 is 5.95. The monoisotopic (exact) mass is 287 g/mol. The van der Waals surface area contributed by atoms with E-state index in [0.29, 0.717) is 49.1 Å². The molecule has 1 saturated heterocycles. The van der Waals surface area contributed by atoms with Gasteiger partial charge in [0.2, 0.25) is 0 Å². The summed E-state index contributed by atoms with van der Waals surface area (Å²) in [6.07, 6.45) is 0.616. The van der Waals surface area contributed by atoms with Crippen LogP contribution in [0.15, 0.2) is 12.1 Å². The van der Waals surface area contributed by atoms with Gasteiger partial charge in [0.25, 0.3) is 0 Å². The van der Waals surface area contributed by atoms with Gasteiger partial charge in [0.05, 0.1) is 13.7 Å². The first kappa shape index (κ1) is 14.4. The minimum atomic E-state index is -0.821. The van der Waals surface area contributed by atoms with Crippen LogP contribution in [0.25, 0.3) is 0 Å². The van der Waals surface area contributed by atoms with Crippen LogP contribution in [0.1, 0.15) is 12.0 Å². The summed E-state index contributed by atoms with van der Waals surface area (Å²) in [7, 11) is 1.47. The lowest BCUT2D eigenvalue weighted by atomic mass is 10.0. The molecule has 6 heteroatoms. The molecule has 19 heavy (non-hydrogen) atoms. The number of methoxy groups -OCH3 is 1. The zero-order valence-electron chi connectivity index (χ0n) is 10.8. The second-order valence-corrected chi connectivity index (χ2v) is 5.18. The molecule has 0 aliphatic carbocycles. The van der Waals surface area contributed by atoms with Crippen molar-refractivity contribution in [3.05, 3.63) is 22.7 Å². The predicted octanol–water partition coefficient (Wildman–Crippen LogP) is 1.30. The first-order chi connectivity index (χ1) is 9.04. The summed E-state index contributed by atoms with van der Waals surface area (Å²) in [5, 5.41) is 23.6. The largest absolute Gasteiger partial charge is 0.504 e. The third kappa shape index (κ3) is 3.51. The fourth-order valence-corrected chi connectivity index (χ4v) is 2.32. The van der Waals surface area contributed by atoms with E-state index in [0.717, 1.165) is 0 Å².